The molecule has 1 aliphatic carbocycles. The van der Waals surface area contributed by atoms with E-state index in [1.807, 2.05) is 11.0 Å². The SMILES string of the molecule is N#Cc1c(N)sc2c(F)ccc(-c3c(Cl)cc4c(N5CCCCC6(CN(C(=O)C7CCC7(F)F)C6)C5)nc(OC[C@@]56CCCN5C[C@H](F)C6)nc4c3F)c12. The largest absolute Gasteiger partial charge is 0.461 e. The van der Waals surface area contributed by atoms with Gasteiger partial charge in [0, 0.05) is 67.3 Å². The second kappa shape index (κ2) is 12.8. The van der Waals surface area contributed by atoms with E-state index in [-0.39, 0.29) is 73.2 Å². The molecule has 284 valence electrons. The van der Waals surface area contributed by atoms with Crippen LogP contribution in [0.2, 0.25) is 5.02 Å². The summed E-state index contributed by atoms with van der Waals surface area (Å²) < 4.78 is 81.5. The fraction of sp³-hybridized carbons (Fsp3) is 0.526. The molecule has 4 saturated heterocycles. The number of nitrogens with two attached hydrogens (primary N) is 1. The van der Waals surface area contributed by atoms with Gasteiger partial charge in [0.2, 0.25) is 5.91 Å². The number of alkyl halides is 3. The number of hydrogen-bond acceptors (Lipinski definition) is 9. The van der Waals surface area contributed by atoms with Crippen LogP contribution >= 0.6 is 22.9 Å². The fourth-order valence-electron chi connectivity index (χ4n) is 9.62. The third-order valence-corrected chi connectivity index (χ3v) is 13.7. The van der Waals surface area contributed by atoms with Crippen molar-refractivity contribution in [2.45, 2.75) is 69.0 Å². The topological polar surface area (TPSA) is 112 Å². The van der Waals surface area contributed by atoms with E-state index >= 15 is 4.39 Å². The molecular formula is C38H37ClF5N7O2S. The Kier molecular flexibility index (Phi) is 8.44. The normalized spacial score (nSPS) is 26.1. The number of carbonyl (C=O) groups is 1. The highest BCUT2D eigenvalue weighted by molar-refractivity contribution is 7.23. The molecule has 9 nitrogen and oxygen atoms in total. The predicted molar refractivity (Wildman–Crippen MR) is 196 cm³/mol. The van der Waals surface area contributed by atoms with Gasteiger partial charge in [-0.1, -0.05) is 24.1 Å². The zero-order chi connectivity index (χ0) is 37.7. The van der Waals surface area contributed by atoms with E-state index in [9.17, 15) is 27.6 Å². The predicted octanol–water partition coefficient (Wildman–Crippen LogP) is 7.72. The number of carbonyl (C=O) groups excluding carboxylic acids is 1. The van der Waals surface area contributed by atoms with E-state index in [4.69, 9.17) is 27.1 Å². The van der Waals surface area contributed by atoms with Gasteiger partial charge >= 0.3 is 6.01 Å². The van der Waals surface area contributed by atoms with Crippen LogP contribution < -0.4 is 15.4 Å². The van der Waals surface area contributed by atoms with Crippen LogP contribution in [0, 0.1) is 34.3 Å². The fourth-order valence-corrected chi connectivity index (χ4v) is 10.9. The van der Waals surface area contributed by atoms with Gasteiger partial charge in [0.25, 0.3) is 5.92 Å². The van der Waals surface area contributed by atoms with Gasteiger partial charge in [-0.2, -0.15) is 15.2 Å². The lowest BCUT2D eigenvalue weighted by Gasteiger charge is -2.53. The van der Waals surface area contributed by atoms with Crippen molar-refractivity contribution in [3.8, 4) is 23.2 Å². The summed E-state index contributed by atoms with van der Waals surface area (Å²) >= 11 is 7.80. The maximum atomic E-state index is 17.2. The van der Waals surface area contributed by atoms with E-state index in [2.05, 4.69) is 9.88 Å². The first-order valence-corrected chi connectivity index (χ1v) is 19.6. The van der Waals surface area contributed by atoms with Crippen molar-refractivity contribution in [2.75, 3.05) is 56.5 Å². The quantitative estimate of drug-likeness (QED) is 0.198. The standard InChI is InChI=1S/C38H37ClF5N7O2S/c39-25-12-22-30(29(42)28(25)21-4-5-26(41)31-27(21)23(14-45)32(46)54-31)47-35(53-19-37-8-3-11-51(37)15-20(40)13-37)48-33(22)49-10-2-1-7-36(16-49)17-50(18-36)34(52)24-6-9-38(24,43)44/h4-5,12,20,24H,1-3,6-11,13,15-19,46H2/t20-,24?,37+/m1/s1. The summed E-state index contributed by atoms with van der Waals surface area (Å²) in [6.07, 6.45) is 3.22. The number of ether oxygens (including phenoxy) is 1. The molecule has 16 heteroatoms. The van der Waals surface area contributed by atoms with Crippen LogP contribution in [-0.4, -0.2) is 89.2 Å². The van der Waals surface area contributed by atoms with E-state index in [0.29, 0.717) is 50.3 Å². The summed E-state index contributed by atoms with van der Waals surface area (Å²) in [6.45, 7) is 2.78. The molecule has 0 bridgehead atoms. The van der Waals surface area contributed by atoms with Crippen LogP contribution in [0.25, 0.3) is 32.1 Å². The number of thiophene rings is 1. The van der Waals surface area contributed by atoms with E-state index < -0.39 is 41.1 Å². The first-order chi connectivity index (χ1) is 25.8. The number of anilines is 2. The summed E-state index contributed by atoms with van der Waals surface area (Å²) in [6, 6.07) is 6.01. The summed E-state index contributed by atoms with van der Waals surface area (Å²) in [7, 11) is 0. The molecule has 54 heavy (non-hydrogen) atoms. The van der Waals surface area contributed by atoms with Crippen molar-refractivity contribution in [2.24, 2.45) is 11.3 Å². The number of fused-ring (bicyclic) bond motifs is 3. The molecule has 1 saturated carbocycles. The Hall–Kier alpha value is -4.00. The van der Waals surface area contributed by atoms with Crippen LogP contribution in [0.15, 0.2) is 18.2 Å². The number of benzene rings is 2. The van der Waals surface area contributed by atoms with Crippen molar-refractivity contribution in [3.63, 3.8) is 0 Å². The highest BCUT2D eigenvalue weighted by atomic mass is 35.5. The van der Waals surface area contributed by atoms with Gasteiger partial charge in [0.05, 0.1) is 20.8 Å². The summed E-state index contributed by atoms with van der Waals surface area (Å²) in [5.74, 6) is -5.85. The third-order valence-electron chi connectivity index (χ3n) is 12.4. The highest BCUT2D eigenvalue weighted by Gasteiger charge is 2.57. The molecule has 4 aromatic rings. The lowest BCUT2D eigenvalue weighted by atomic mass is 9.73. The first-order valence-electron chi connectivity index (χ1n) is 18.4. The molecule has 0 radical (unpaired) electrons. The highest BCUT2D eigenvalue weighted by Crippen LogP contribution is 2.49. The molecule has 2 aromatic carbocycles. The number of hydrogen-bond donors (Lipinski definition) is 1. The van der Waals surface area contributed by atoms with Gasteiger partial charge in [0.15, 0.2) is 5.82 Å². The van der Waals surface area contributed by atoms with Crippen LogP contribution in [0.3, 0.4) is 0 Å². The number of rotatable bonds is 6. The minimum Gasteiger partial charge on any atom is -0.461 e. The smallest absolute Gasteiger partial charge is 0.319 e. The lowest BCUT2D eigenvalue weighted by molar-refractivity contribution is -0.181. The number of nitriles is 1. The molecule has 4 aliphatic heterocycles. The monoisotopic (exact) mass is 785 g/mol. The number of aromatic nitrogens is 2. The van der Waals surface area contributed by atoms with Gasteiger partial charge in [0.1, 0.15) is 46.9 Å². The number of halogens is 6. The minimum atomic E-state index is -2.97. The van der Waals surface area contributed by atoms with Crippen molar-refractivity contribution < 1.29 is 31.5 Å². The average molecular weight is 786 g/mol. The molecule has 6 heterocycles. The third kappa shape index (κ3) is 5.57. The van der Waals surface area contributed by atoms with Gasteiger partial charge < -0.3 is 20.3 Å². The lowest BCUT2D eigenvalue weighted by Crippen LogP contribution is -2.65. The van der Waals surface area contributed by atoms with Gasteiger partial charge in [-0.25, -0.2) is 22.0 Å². The summed E-state index contributed by atoms with van der Waals surface area (Å²) in [4.78, 5) is 28.1. The van der Waals surface area contributed by atoms with Crippen molar-refractivity contribution in [1.82, 2.24) is 19.8 Å². The summed E-state index contributed by atoms with van der Waals surface area (Å²) in [5, 5.41) is 10.4. The maximum Gasteiger partial charge on any atom is 0.319 e. The Labute approximate surface area is 316 Å². The Morgan fingerprint density at radius 2 is 1.93 bits per heavy atom. The Morgan fingerprint density at radius 3 is 2.67 bits per heavy atom. The Morgan fingerprint density at radius 1 is 1.11 bits per heavy atom. The number of nitrogens with zero attached hydrogens (tertiary/aromatic N) is 6. The van der Waals surface area contributed by atoms with Crippen LogP contribution in [0.5, 0.6) is 6.01 Å². The van der Waals surface area contributed by atoms with Crippen molar-refractivity contribution in [1.29, 1.82) is 5.26 Å². The van der Waals surface area contributed by atoms with Crippen LogP contribution in [-0.2, 0) is 4.79 Å². The van der Waals surface area contributed by atoms with Crippen molar-refractivity contribution >= 4 is 60.7 Å². The number of amides is 1. The number of likely N-dealkylation sites (tertiary alicyclic amines) is 1. The molecule has 2 N–H and O–H groups in total. The van der Waals surface area contributed by atoms with Crippen molar-refractivity contribution in [3.05, 3.63) is 40.4 Å². The molecule has 5 aliphatic rings. The van der Waals surface area contributed by atoms with Crippen LogP contribution in [0.1, 0.15) is 56.9 Å². The first kappa shape index (κ1) is 35.7. The molecule has 2 aromatic heterocycles. The molecule has 1 spiro atoms. The Balaban J connectivity index is 1.13. The van der Waals surface area contributed by atoms with Crippen LogP contribution in [0.4, 0.5) is 32.8 Å². The second-order valence-corrected chi connectivity index (χ2v) is 17.3. The molecule has 3 atom stereocenters. The van der Waals surface area contributed by atoms with E-state index in [1.165, 1.54) is 17.0 Å². The Bertz CT molecular complexity index is 2260. The molecule has 1 amide bonds. The van der Waals surface area contributed by atoms with Gasteiger partial charge in [-0.05, 0) is 56.3 Å². The zero-order valence-electron chi connectivity index (χ0n) is 29.2. The molecule has 1 unspecified atom stereocenters. The molecule has 5 fully saturated rings. The van der Waals surface area contributed by atoms with Gasteiger partial charge in [-0.3, -0.25) is 9.69 Å². The molecule has 9 rings (SSSR count). The van der Waals surface area contributed by atoms with E-state index in [0.717, 1.165) is 50.0 Å². The maximum absolute atomic E-state index is 17.2. The van der Waals surface area contributed by atoms with Gasteiger partial charge in [-0.15, -0.1) is 11.3 Å². The minimum absolute atomic E-state index is 0.0134. The summed E-state index contributed by atoms with van der Waals surface area (Å²) in [5.41, 5.74) is 5.16. The average Bonchev–Trinajstić information content (AvgIpc) is 3.69. The number of nitrogen functional groups attached to an aromatic ring is 1. The molecular weight excluding hydrogens is 749 g/mol. The zero-order valence-corrected chi connectivity index (χ0v) is 30.8. The van der Waals surface area contributed by atoms with E-state index in [1.54, 1.807) is 6.07 Å². The second-order valence-electron chi connectivity index (χ2n) is 15.8.